The van der Waals surface area contributed by atoms with Crippen molar-refractivity contribution in [3.05, 3.63) is 53.3 Å². The number of thioether (sulfide) groups is 1. The molecule has 2 aromatic carbocycles. The Labute approximate surface area is 130 Å². The van der Waals surface area contributed by atoms with Gasteiger partial charge in [-0.05, 0) is 29.3 Å². The van der Waals surface area contributed by atoms with Gasteiger partial charge in [0.15, 0.2) is 11.5 Å². The van der Waals surface area contributed by atoms with Crippen LogP contribution >= 0.6 is 11.8 Å². The summed E-state index contributed by atoms with van der Waals surface area (Å²) in [7, 11) is 0. The second-order valence-electron chi connectivity index (χ2n) is 5.08. The molecule has 2 aromatic rings. The Bertz CT molecular complexity index is 748. The number of rotatable bonds is 1. The first-order valence-electron chi connectivity index (χ1n) is 6.81. The van der Waals surface area contributed by atoms with Crippen molar-refractivity contribution in [1.82, 2.24) is 0 Å². The van der Waals surface area contributed by atoms with Crippen LogP contribution in [-0.4, -0.2) is 18.5 Å². The standard InChI is InChI=1S/C16H12FNO3S/c17-10-3-1-9(2-4-10)16-11-5-13-14(21-8-20-13)6-12(11)18-15(19)7-22-16/h1-6,16H,7-8H2,(H,18,19). The monoisotopic (exact) mass is 317 g/mol. The Balaban J connectivity index is 1.83. The number of amides is 1. The summed E-state index contributed by atoms with van der Waals surface area (Å²) in [6.45, 7) is 0.181. The summed E-state index contributed by atoms with van der Waals surface area (Å²) in [5.41, 5.74) is 2.60. The number of carbonyl (C=O) groups excluding carboxylic acids is 1. The summed E-state index contributed by atoms with van der Waals surface area (Å²) in [6.07, 6.45) is 0. The Hall–Kier alpha value is -2.21. The lowest BCUT2D eigenvalue weighted by Crippen LogP contribution is -2.12. The highest BCUT2D eigenvalue weighted by atomic mass is 32.2. The fourth-order valence-electron chi connectivity index (χ4n) is 2.63. The molecule has 4 rings (SSSR count). The SMILES string of the molecule is O=C1CSC(c2ccc(F)cc2)c2cc3c(cc2N1)OCO3. The highest BCUT2D eigenvalue weighted by molar-refractivity contribution is 8.00. The van der Waals surface area contributed by atoms with Crippen LogP contribution in [0.1, 0.15) is 16.4 Å². The van der Waals surface area contributed by atoms with E-state index in [4.69, 9.17) is 9.47 Å². The third-order valence-electron chi connectivity index (χ3n) is 3.66. The zero-order valence-corrected chi connectivity index (χ0v) is 12.3. The molecule has 0 aliphatic carbocycles. The quantitative estimate of drug-likeness (QED) is 0.876. The number of fused-ring (bicyclic) bond motifs is 2. The molecule has 0 fully saturated rings. The zero-order chi connectivity index (χ0) is 15.1. The molecule has 4 nitrogen and oxygen atoms in total. The molecule has 2 aliphatic heterocycles. The van der Waals surface area contributed by atoms with Crippen molar-refractivity contribution in [3.8, 4) is 11.5 Å². The number of benzene rings is 2. The summed E-state index contributed by atoms with van der Waals surface area (Å²) < 4.78 is 24.0. The lowest BCUT2D eigenvalue weighted by atomic mass is 10.0. The first-order valence-corrected chi connectivity index (χ1v) is 7.86. The van der Waals surface area contributed by atoms with Crippen molar-refractivity contribution >= 4 is 23.4 Å². The van der Waals surface area contributed by atoms with Crippen molar-refractivity contribution in [2.45, 2.75) is 5.25 Å². The van der Waals surface area contributed by atoms with Gasteiger partial charge in [0.2, 0.25) is 12.7 Å². The van der Waals surface area contributed by atoms with E-state index in [1.807, 2.05) is 6.07 Å². The fourth-order valence-corrected chi connectivity index (χ4v) is 3.75. The summed E-state index contributed by atoms with van der Waals surface area (Å²) in [5.74, 6) is 1.30. The lowest BCUT2D eigenvalue weighted by molar-refractivity contribution is -0.113. The molecule has 1 amide bonds. The molecule has 0 radical (unpaired) electrons. The van der Waals surface area contributed by atoms with Gasteiger partial charge in [-0.25, -0.2) is 4.39 Å². The largest absolute Gasteiger partial charge is 0.454 e. The summed E-state index contributed by atoms with van der Waals surface area (Å²) >= 11 is 1.51. The predicted molar refractivity (Wildman–Crippen MR) is 81.9 cm³/mol. The maximum Gasteiger partial charge on any atom is 0.234 e. The van der Waals surface area contributed by atoms with Crippen molar-refractivity contribution < 1.29 is 18.7 Å². The number of hydrogen-bond acceptors (Lipinski definition) is 4. The summed E-state index contributed by atoms with van der Waals surface area (Å²) in [6, 6.07) is 10.0. The Morgan fingerprint density at radius 3 is 2.64 bits per heavy atom. The smallest absolute Gasteiger partial charge is 0.234 e. The van der Waals surface area contributed by atoms with E-state index in [9.17, 15) is 9.18 Å². The van der Waals surface area contributed by atoms with Gasteiger partial charge in [-0.15, -0.1) is 11.8 Å². The molecule has 1 atom stereocenters. The molecular weight excluding hydrogens is 305 g/mol. The predicted octanol–water partition coefficient (Wildman–Crippen LogP) is 3.33. The van der Waals surface area contributed by atoms with Gasteiger partial charge < -0.3 is 14.8 Å². The van der Waals surface area contributed by atoms with E-state index in [-0.39, 0.29) is 23.8 Å². The van der Waals surface area contributed by atoms with Crippen molar-refractivity contribution in [2.24, 2.45) is 0 Å². The average Bonchev–Trinajstić information content (AvgIpc) is 2.89. The van der Waals surface area contributed by atoms with E-state index in [2.05, 4.69) is 5.32 Å². The Morgan fingerprint density at radius 1 is 1.14 bits per heavy atom. The molecule has 0 saturated carbocycles. The molecule has 2 aliphatic rings. The average molecular weight is 317 g/mol. The Morgan fingerprint density at radius 2 is 1.86 bits per heavy atom. The zero-order valence-electron chi connectivity index (χ0n) is 11.5. The highest BCUT2D eigenvalue weighted by Gasteiger charge is 2.27. The van der Waals surface area contributed by atoms with Crippen LogP contribution in [0.15, 0.2) is 36.4 Å². The van der Waals surface area contributed by atoms with Crippen LogP contribution in [0.5, 0.6) is 11.5 Å². The van der Waals surface area contributed by atoms with E-state index >= 15 is 0 Å². The van der Waals surface area contributed by atoms with E-state index in [0.29, 0.717) is 22.9 Å². The van der Waals surface area contributed by atoms with E-state index < -0.39 is 0 Å². The highest BCUT2D eigenvalue weighted by Crippen LogP contribution is 2.46. The first kappa shape index (κ1) is 13.5. The molecule has 6 heteroatoms. The van der Waals surface area contributed by atoms with Gasteiger partial charge in [-0.1, -0.05) is 12.1 Å². The number of carbonyl (C=O) groups is 1. The maximum atomic E-state index is 13.2. The first-order chi connectivity index (χ1) is 10.7. The molecule has 22 heavy (non-hydrogen) atoms. The third-order valence-corrected chi connectivity index (χ3v) is 4.94. The Kier molecular flexibility index (Phi) is 3.18. The van der Waals surface area contributed by atoms with E-state index in [0.717, 1.165) is 11.1 Å². The minimum atomic E-state index is -0.275. The number of nitrogens with one attached hydrogen (secondary N) is 1. The number of hydrogen-bond donors (Lipinski definition) is 1. The van der Waals surface area contributed by atoms with Crippen LogP contribution in [0.4, 0.5) is 10.1 Å². The second-order valence-corrected chi connectivity index (χ2v) is 6.18. The van der Waals surface area contributed by atoms with Gasteiger partial charge in [0, 0.05) is 11.8 Å². The van der Waals surface area contributed by atoms with Gasteiger partial charge in [0.25, 0.3) is 0 Å². The number of ether oxygens (including phenoxy) is 2. The van der Waals surface area contributed by atoms with Gasteiger partial charge in [0.05, 0.1) is 11.0 Å². The lowest BCUT2D eigenvalue weighted by Gasteiger charge is -2.17. The molecule has 0 aromatic heterocycles. The number of anilines is 1. The molecule has 1 N–H and O–H groups in total. The molecule has 112 valence electrons. The van der Waals surface area contributed by atoms with Crippen LogP contribution in [-0.2, 0) is 4.79 Å². The molecule has 1 unspecified atom stereocenters. The van der Waals surface area contributed by atoms with E-state index in [1.54, 1.807) is 18.2 Å². The van der Waals surface area contributed by atoms with Gasteiger partial charge in [0.1, 0.15) is 5.82 Å². The van der Waals surface area contributed by atoms with Gasteiger partial charge >= 0.3 is 0 Å². The minimum absolute atomic E-state index is 0.0604. The number of halogens is 1. The van der Waals surface area contributed by atoms with Crippen molar-refractivity contribution in [2.75, 3.05) is 17.9 Å². The summed E-state index contributed by atoms with van der Waals surface area (Å²) in [4.78, 5) is 11.9. The van der Waals surface area contributed by atoms with Gasteiger partial charge in [-0.3, -0.25) is 4.79 Å². The van der Waals surface area contributed by atoms with Crippen molar-refractivity contribution in [3.63, 3.8) is 0 Å². The van der Waals surface area contributed by atoms with Crippen LogP contribution < -0.4 is 14.8 Å². The molecule has 0 bridgehead atoms. The minimum Gasteiger partial charge on any atom is -0.454 e. The van der Waals surface area contributed by atoms with Crippen LogP contribution in [0.25, 0.3) is 0 Å². The van der Waals surface area contributed by atoms with Crippen LogP contribution in [0, 0.1) is 5.82 Å². The topological polar surface area (TPSA) is 47.6 Å². The van der Waals surface area contributed by atoms with Crippen LogP contribution in [0.2, 0.25) is 0 Å². The molecule has 0 saturated heterocycles. The van der Waals surface area contributed by atoms with E-state index in [1.165, 1.54) is 23.9 Å². The van der Waals surface area contributed by atoms with Crippen molar-refractivity contribution in [1.29, 1.82) is 0 Å². The molecule has 2 heterocycles. The van der Waals surface area contributed by atoms with Gasteiger partial charge in [-0.2, -0.15) is 0 Å². The third kappa shape index (κ3) is 2.29. The molecular formula is C16H12FNO3S. The van der Waals surface area contributed by atoms with Crippen LogP contribution in [0.3, 0.4) is 0 Å². The summed E-state index contributed by atoms with van der Waals surface area (Å²) in [5, 5.41) is 2.83. The normalized spacial score (nSPS) is 19.3. The second kappa shape index (κ2) is 5.21. The molecule has 0 spiro atoms. The maximum absolute atomic E-state index is 13.2. The fraction of sp³-hybridized carbons (Fsp3) is 0.188.